The minimum Gasteiger partial charge on any atom is -0.493 e. The van der Waals surface area contributed by atoms with Crippen LogP contribution in [0.25, 0.3) is 11.3 Å². The lowest BCUT2D eigenvalue weighted by Gasteiger charge is -2.24. The molecule has 1 aliphatic heterocycles. The van der Waals surface area contributed by atoms with E-state index in [1.54, 1.807) is 66.5 Å². The zero-order chi connectivity index (χ0) is 29.5. The van der Waals surface area contributed by atoms with Crippen LogP contribution < -0.4 is 14.2 Å². The van der Waals surface area contributed by atoms with Crippen LogP contribution in [0.15, 0.2) is 76.8 Å². The molecule has 0 saturated heterocycles. The molecule has 5 heterocycles. The van der Waals surface area contributed by atoms with Crippen LogP contribution in [0.3, 0.4) is 0 Å². The minimum atomic E-state index is -0.396. The maximum atomic E-state index is 6.40. The highest BCUT2D eigenvalue weighted by molar-refractivity contribution is 6.30. The van der Waals surface area contributed by atoms with Crippen LogP contribution >= 0.6 is 11.6 Å². The molecule has 13 heteroatoms. The van der Waals surface area contributed by atoms with Crippen molar-refractivity contribution >= 4 is 23.5 Å². The summed E-state index contributed by atoms with van der Waals surface area (Å²) in [4.78, 5) is 14.9. The van der Waals surface area contributed by atoms with E-state index in [0.29, 0.717) is 51.1 Å². The van der Waals surface area contributed by atoms with Gasteiger partial charge in [-0.25, -0.2) is 19.2 Å². The summed E-state index contributed by atoms with van der Waals surface area (Å²) < 4.78 is 26.3. The van der Waals surface area contributed by atoms with Crippen LogP contribution in [0.1, 0.15) is 39.9 Å². The third-order valence-corrected chi connectivity index (χ3v) is 7.29. The van der Waals surface area contributed by atoms with Crippen molar-refractivity contribution in [3.05, 3.63) is 106 Å². The molecule has 216 valence electrons. The largest absolute Gasteiger partial charge is 0.493 e. The summed E-state index contributed by atoms with van der Waals surface area (Å²) in [6.45, 7) is 1.97. The first-order valence-electron chi connectivity index (χ1n) is 13.2. The monoisotopic (exact) mass is 597 g/mol. The summed E-state index contributed by atoms with van der Waals surface area (Å²) in [6.07, 6.45) is 4.76. The second kappa shape index (κ2) is 10.8. The zero-order valence-corrected chi connectivity index (χ0v) is 24.0. The van der Waals surface area contributed by atoms with E-state index in [-0.39, 0.29) is 6.61 Å². The second-order valence-corrected chi connectivity index (χ2v) is 10.1. The van der Waals surface area contributed by atoms with E-state index in [1.165, 1.54) is 0 Å². The van der Waals surface area contributed by atoms with Gasteiger partial charge in [0.25, 0.3) is 0 Å². The average molecular weight is 598 g/mol. The number of rotatable bonds is 8. The van der Waals surface area contributed by atoms with Gasteiger partial charge in [-0.3, -0.25) is 0 Å². The summed E-state index contributed by atoms with van der Waals surface area (Å²) in [5.74, 6) is 2.85. The summed E-state index contributed by atoms with van der Waals surface area (Å²) in [6, 6.07) is 16.6. The molecule has 1 unspecified atom stereocenters. The standard InChI is InChI=1S/C30H24ClN7O5/c1-17-25-26(22-5-4-12-41-22)27-28-34-24(15-42-33-14-18-6-11-21(39-2)23(13-18)40-3)36-37(28)16-32-29(27)43-30(25)38(35-17)20-9-7-19(31)8-10-20/h4-14,16,26H,15H2,1-3H3. The Balaban J connectivity index is 1.22. The van der Waals surface area contributed by atoms with Crippen molar-refractivity contribution < 1.29 is 23.5 Å². The van der Waals surface area contributed by atoms with Gasteiger partial charge in [-0.1, -0.05) is 16.8 Å². The molecule has 12 nitrogen and oxygen atoms in total. The summed E-state index contributed by atoms with van der Waals surface area (Å²) >= 11 is 6.13. The molecule has 0 saturated carbocycles. The first kappa shape index (κ1) is 26.5. The molecule has 0 amide bonds. The fraction of sp³-hybridized carbons (Fsp3) is 0.167. The zero-order valence-electron chi connectivity index (χ0n) is 23.3. The number of benzene rings is 2. The number of hydrogen-bond acceptors (Lipinski definition) is 10. The smallest absolute Gasteiger partial charge is 0.230 e. The number of nitrogens with zero attached hydrogens (tertiary/aromatic N) is 7. The van der Waals surface area contributed by atoms with Crippen molar-refractivity contribution in [1.82, 2.24) is 29.4 Å². The molecule has 7 rings (SSSR count). The fourth-order valence-electron chi connectivity index (χ4n) is 5.11. The Morgan fingerprint density at radius 2 is 1.86 bits per heavy atom. The molecule has 0 N–H and O–H groups in total. The van der Waals surface area contributed by atoms with Crippen molar-refractivity contribution in [2.45, 2.75) is 19.4 Å². The Morgan fingerprint density at radius 3 is 2.63 bits per heavy atom. The van der Waals surface area contributed by atoms with Crippen LogP contribution in [-0.4, -0.2) is 49.8 Å². The van der Waals surface area contributed by atoms with E-state index >= 15 is 0 Å². The SMILES string of the molecule is COc1ccc(C=NOCc2nc3c4c(ncn3n2)Oc2c(c(C)nn2-c2ccc(Cl)cc2)C4c2ccco2)cc1OC. The lowest BCUT2D eigenvalue weighted by Crippen LogP contribution is -2.15. The number of hydrogen-bond donors (Lipinski definition) is 0. The van der Waals surface area contributed by atoms with Gasteiger partial charge in [0.15, 0.2) is 29.6 Å². The summed E-state index contributed by atoms with van der Waals surface area (Å²) in [7, 11) is 3.16. The highest BCUT2D eigenvalue weighted by Gasteiger charge is 2.39. The van der Waals surface area contributed by atoms with Crippen LogP contribution in [0, 0.1) is 6.92 Å². The highest BCUT2D eigenvalue weighted by atomic mass is 35.5. The third-order valence-electron chi connectivity index (χ3n) is 7.04. The first-order chi connectivity index (χ1) is 21.0. The van der Waals surface area contributed by atoms with E-state index in [1.807, 2.05) is 37.3 Å². The van der Waals surface area contributed by atoms with Crippen molar-refractivity contribution in [3.63, 3.8) is 0 Å². The Morgan fingerprint density at radius 1 is 1.02 bits per heavy atom. The molecule has 0 spiro atoms. The predicted octanol–water partition coefficient (Wildman–Crippen LogP) is 5.72. The molecule has 2 aromatic carbocycles. The molecule has 4 aromatic heterocycles. The fourth-order valence-corrected chi connectivity index (χ4v) is 5.23. The lowest BCUT2D eigenvalue weighted by molar-refractivity contribution is 0.126. The van der Waals surface area contributed by atoms with Gasteiger partial charge in [-0.15, -0.1) is 5.10 Å². The first-order valence-corrected chi connectivity index (χ1v) is 13.6. The van der Waals surface area contributed by atoms with Crippen molar-refractivity contribution in [1.29, 1.82) is 0 Å². The Labute approximate surface area is 250 Å². The minimum absolute atomic E-state index is 0.0330. The maximum absolute atomic E-state index is 6.40. The van der Waals surface area contributed by atoms with E-state index in [0.717, 1.165) is 22.5 Å². The third kappa shape index (κ3) is 4.71. The van der Waals surface area contributed by atoms with Crippen LogP contribution in [0.2, 0.25) is 5.02 Å². The molecule has 0 radical (unpaired) electrons. The Hall–Kier alpha value is -5.36. The Bertz CT molecular complexity index is 1970. The average Bonchev–Trinajstić information content (AvgIpc) is 3.78. The summed E-state index contributed by atoms with van der Waals surface area (Å²) in [5.41, 5.74) is 4.45. The van der Waals surface area contributed by atoms with Crippen LogP contribution in [0.4, 0.5) is 0 Å². The number of aryl methyl sites for hydroxylation is 1. The number of aromatic nitrogens is 6. The summed E-state index contributed by atoms with van der Waals surface area (Å²) in [5, 5.41) is 14.1. The highest BCUT2D eigenvalue weighted by Crippen LogP contribution is 2.49. The maximum Gasteiger partial charge on any atom is 0.230 e. The van der Waals surface area contributed by atoms with Crippen molar-refractivity contribution in [2.75, 3.05) is 14.2 Å². The predicted molar refractivity (Wildman–Crippen MR) is 156 cm³/mol. The van der Waals surface area contributed by atoms with Gasteiger partial charge >= 0.3 is 0 Å². The number of methoxy groups -OCH3 is 2. The van der Waals surface area contributed by atoms with Gasteiger partial charge in [0.1, 0.15) is 12.1 Å². The normalized spacial score (nSPS) is 14.0. The van der Waals surface area contributed by atoms with Gasteiger partial charge in [0, 0.05) is 10.6 Å². The van der Waals surface area contributed by atoms with Crippen LogP contribution in [0.5, 0.6) is 23.3 Å². The van der Waals surface area contributed by atoms with E-state index < -0.39 is 5.92 Å². The molecule has 0 bridgehead atoms. The van der Waals surface area contributed by atoms with Gasteiger partial charge < -0.3 is 23.5 Å². The second-order valence-electron chi connectivity index (χ2n) is 9.62. The molecule has 43 heavy (non-hydrogen) atoms. The molecule has 1 atom stereocenters. The lowest BCUT2D eigenvalue weighted by atomic mass is 9.88. The molecule has 0 fully saturated rings. The van der Waals surface area contributed by atoms with Gasteiger partial charge in [-0.05, 0) is 61.5 Å². The number of halogens is 1. The molecular weight excluding hydrogens is 574 g/mol. The van der Waals surface area contributed by atoms with Crippen molar-refractivity contribution in [3.8, 4) is 28.9 Å². The van der Waals surface area contributed by atoms with E-state index in [9.17, 15) is 0 Å². The number of fused-ring (bicyclic) bond motifs is 4. The molecule has 1 aliphatic rings. The Kier molecular flexibility index (Phi) is 6.67. The molecular formula is C30H24ClN7O5. The number of furan rings is 1. The van der Waals surface area contributed by atoms with Gasteiger partial charge in [-0.2, -0.15) is 5.10 Å². The number of oxime groups is 1. The topological polar surface area (TPSA) is 123 Å². The van der Waals surface area contributed by atoms with E-state index in [2.05, 4.69) is 15.2 Å². The van der Waals surface area contributed by atoms with Gasteiger partial charge in [0.05, 0.1) is 55.1 Å². The van der Waals surface area contributed by atoms with Crippen molar-refractivity contribution in [2.24, 2.45) is 5.16 Å². The van der Waals surface area contributed by atoms with E-state index in [4.69, 9.17) is 45.1 Å². The molecule has 6 aromatic rings. The van der Waals surface area contributed by atoms with Crippen LogP contribution in [-0.2, 0) is 11.4 Å². The number of ether oxygens (including phenoxy) is 3. The van der Waals surface area contributed by atoms with Gasteiger partial charge in [0.2, 0.25) is 11.8 Å². The quantitative estimate of drug-likeness (QED) is 0.160. The molecule has 0 aliphatic carbocycles.